The Bertz CT molecular complexity index is 671. The number of para-hydroxylation sites is 1. The first-order valence-corrected chi connectivity index (χ1v) is 7.08. The molecule has 0 aliphatic carbocycles. The average molecular weight is 322 g/mol. The van der Waals surface area contributed by atoms with Crippen molar-refractivity contribution in [2.75, 3.05) is 0 Å². The fourth-order valence-electron chi connectivity index (χ4n) is 1.67. The second-order valence-corrected chi connectivity index (χ2v) is 4.44. The number of carbonyl (C=O) groups excluding carboxylic acids is 1. The quantitative estimate of drug-likeness (QED) is 0.437. The highest BCUT2D eigenvalue weighted by atomic mass is 35.5. The summed E-state index contributed by atoms with van der Waals surface area (Å²) < 4.78 is 5.49. The molecule has 0 saturated heterocycles. The van der Waals surface area contributed by atoms with Gasteiger partial charge in [0.15, 0.2) is 11.5 Å². The number of ketones is 1. The predicted molar refractivity (Wildman–Crippen MR) is 86.0 cm³/mol. The summed E-state index contributed by atoms with van der Waals surface area (Å²) in [7, 11) is 0. The highest BCUT2D eigenvalue weighted by Crippen LogP contribution is 2.35. The maximum atomic E-state index is 11.4. The fraction of sp³-hybridized carbons (Fsp3) is 0.188. The van der Waals surface area contributed by atoms with Gasteiger partial charge in [-0.2, -0.15) is 0 Å². The lowest BCUT2D eigenvalue weighted by molar-refractivity contribution is -0.385. The summed E-state index contributed by atoms with van der Waals surface area (Å²) in [5, 5.41) is 11.1. The lowest BCUT2D eigenvalue weighted by Crippen LogP contribution is -2.01. The van der Waals surface area contributed by atoms with E-state index in [1.807, 2.05) is 19.9 Å². The van der Waals surface area contributed by atoms with Crippen molar-refractivity contribution in [2.45, 2.75) is 20.8 Å². The maximum Gasteiger partial charge on any atom is 0.284 e. The number of hydrogen-bond acceptors (Lipinski definition) is 4. The molecule has 2 aromatic rings. The van der Waals surface area contributed by atoms with E-state index in [0.29, 0.717) is 5.75 Å². The minimum Gasteiger partial charge on any atom is -0.456 e. The van der Waals surface area contributed by atoms with Crippen LogP contribution in [0.2, 0.25) is 5.02 Å². The first-order valence-electron chi connectivity index (χ1n) is 6.71. The minimum absolute atomic E-state index is 0.0413. The summed E-state index contributed by atoms with van der Waals surface area (Å²) in [5.41, 5.74) is -0.367. The molecule has 0 heterocycles. The van der Waals surface area contributed by atoms with Gasteiger partial charge in [-0.1, -0.05) is 43.6 Å². The van der Waals surface area contributed by atoms with Crippen molar-refractivity contribution >= 4 is 23.1 Å². The zero-order valence-corrected chi connectivity index (χ0v) is 13.3. The number of rotatable bonds is 4. The van der Waals surface area contributed by atoms with E-state index in [1.165, 1.54) is 13.0 Å². The molecular weight excluding hydrogens is 306 g/mol. The SMILES string of the molecule is CC.CC(=O)c1cc(Cl)c(Oc2ccccc2)cc1[N+](=O)[O-]. The van der Waals surface area contributed by atoms with Crippen LogP contribution in [0.3, 0.4) is 0 Å². The van der Waals surface area contributed by atoms with Crippen LogP contribution in [0.1, 0.15) is 31.1 Å². The summed E-state index contributed by atoms with van der Waals surface area (Å²) in [4.78, 5) is 21.8. The largest absolute Gasteiger partial charge is 0.456 e. The molecule has 2 rings (SSSR count). The second-order valence-electron chi connectivity index (χ2n) is 4.03. The molecule has 2 aromatic carbocycles. The van der Waals surface area contributed by atoms with Gasteiger partial charge in [-0.15, -0.1) is 0 Å². The number of Topliss-reactive ketones (excluding diaryl/α,β-unsaturated/α-hetero) is 1. The molecule has 0 fully saturated rings. The molecule has 22 heavy (non-hydrogen) atoms. The third-order valence-electron chi connectivity index (χ3n) is 2.60. The van der Waals surface area contributed by atoms with Crippen LogP contribution in [0.15, 0.2) is 42.5 Å². The molecule has 0 amide bonds. The van der Waals surface area contributed by atoms with E-state index in [-0.39, 0.29) is 22.0 Å². The zero-order valence-electron chi connectivity index (χ0n) is 12.5. The number of nitrogens with zero attached hydrogens (tertiary/aromatic N) is 1. The molecule has 0 radical (unpaired) electrons. The van der Waals surface area contributed by atoms with Gasteiger partial charge >= 0.3 is 0 Å². The topological polar surface area (TPSA) is 69.4 Å². The molecule has 5 nitrogen and oxygen atoms in total. The zero-order chi connectivity index (χ0) is 16.7. The van der Waals surface area contributed by atoms with Crippen molar-refractivity contribution in [3.63, 3.8) is 0 Å². The number of hydrogen-bond donors (Lipinski definition) is 0. The van der Waals surface area contributed by atoms with Gasteiger partial charge in [-0.25, -0.2) is 0 Å². The van der Waals surface area contributed by atoms with Crippen LogP contribution in [0.4, 0.5) is 5.69 Å². The highest BCUT2D eigenvalue weighted by molar-refractivity contribution is 6.32. The summed E-state index contributed by atoms with van der Waals surface area (Å²) in [6.07, 6.45) is 0. The molecule has 0 N–H and O–H groups in total. The summed E-state index contributed by atoms with van der Waals surface area (Å²) in [6.45, 7) is 5.25. The molecule has 116 valence electrons. The van der Waals surface area contributed by atoms with Gasteiger partial charge in [-0.3, -0.25) is 14.9 Å². The maximum absolute atomic E-state index is 11.4. The van der Waals surface area contributed by atoms with Crippen LogP contribution < -0.4 is 4.74 Å². The average Bonchev–Trinajstić information content (AvgIpc) is 2.51. The Labute approximate surface area is 133 Å². The Morgan fingerprint density at radius 3 is 2.27 bits per heavy atom. The van der Waals surface area contributed by atoms with E-state index in [4.69, 9.17) is 16.3 Å². The molecule has 0 spiro atoms. The van der Waals surface area contributed by atoms with Crippen molar-refractivity contribution in [1.29, 1.82) is 0 Å². The third-order valence-corrected chi connectivity index (χ3v) is 2.89. The number of nitro benzene ring substituents is 1. The lowest BCUT2D eigenvalue weighted by atomic mass is 10.1. The van der Waals surface area contributed by atoms with E-state index < -0.39 is 10.7 Å². The van der Waals surface area contributed by atoms with Gasteiger partial charge in [-0.05, 0) is 25.1 Å². The van der Waals surface area contributed by atoms with Gasteiger partial charge < -0.3 is 4.74 Å². The Kier molecular flexibility index (Phi) is 6.53. The van der Waals surface area contributed by atoms with Crippen LogP contribution in [-0.2, 0) is 0 Å². The van der Waals surface area contributed by atoms with Crippen molar-refractivity contribution in [3.8, 4) is 11.5 Å². The van der Waals surface area contributed by atoms with Crippen LogP contribution in [-0.4, -0.2) is 10.7 Å². The molecule has 6 heteroatoms. The number of halogens is 1. The number of carbonyl (C=O) groups is 1. The highest BCUT2D eigenvalue weighted by Gasteiger charge is 2.21. The van der Waals surface area contributed by atoms with Crippen molar-refractivity contribution in [1.82, 2.24) is 0 Å². The minimum atomic E-state index is -0.634. The summed E-state index contributed by atoms with van der Waals surface area (Å²) in [5.74, 6) is 0.207. The Balaban J connectivity index is 0.00000116. The second kappa shape index (κ2) is 8.14. The van der Waals surface area contributed by atoms with Crippen molar-refractivity contribution < 1.29 is 14.5 Å². The van der Waals surface area contributed by atoms with Gasteiger partial charge in [0.1, 0.15) is 5.75 Å². The van der Waals surface area contributed by atoms with Crippen LogP contribution in [0.25, 0.3) is 0 Å². The fourth-order valence-corrected chi connectivity index (χ4v) is 1.87. The molecule has 0 atom stereocenters. The van der Waals surface area contributed by atoms with E-state index in [1.54, 1.807) is 24.3 Å². The van der Waals surface area contributed by atoms with Crippen molar-refractivity contribution in [2.24, 2.45) is 0 Å². The molecule has 0 aliphatic heterocycles. The Hall–Kier alpha value is -2.40. The monoisotopic (exact) mass is 321 g/mol. The van der Waals surface area contributed by atoms with Crippen molar-refractivity contribution in [3.05, 3.63) is 63.2 Å². The molecule has 0 aromatic heterocycles. The lowest BCUT2D eigenvalue weighted by Gasteiger charge is -2.09. The van der Waals surface area contributed by atoms with E-state index in [0.717, 1.165) is 6.07 Å². The van der Waals surface area contributed by atoms with E-state index in [9.17, 15) is 14.9 Å². The summed E-state index contributed by atoms with van der Waals surface area (Å²) in [6, 6.07) is 11.1. The van der Waals surface area contributed by atoms with Gasteiger partial charge in [0.2, 0.25) is 0 Å². The predicted octanol–water partition coefficient (Wildman–Crippen LogP) is 5.27. The summed E-state index contributed by atoms with van der Waals surface area (Å²) >= 11 is 6.00. The molecule has 0 unspecified atom stereocenters. The molecule has 0 bridgehead atoms. The van der Waals surface area contributed by atoms with Gasteiger partial charge in [0.25, 0.3) is 5.69 Å². The Morgan fingerprint density at radius 2 is 1.77 bits per heavy atom. The third kappa shape index (κ3) is 4.30. The van der Waals surface area contributed by atoms with Crippen LogP contribution in [0.5, 0.6) is 11.5 Å². The molecular formula is C16H16ClNO4. The number of nitro groups is 1. The van der Waals surface area contributed by atoms with Gasteiger partial charge in [0.05, 0.1) is 21.6 Å². The smallest absolute Gasteiger partial charge is 0.284 e. The van der Waals surface area contributed by atoms with Crippen LogP contribution >= 0.6 is 11.6 Å². The van der Waals surface area contributed by atoms with E-state index in [2.05, 4.69) is 0 Å². The standard InChI is InChI=1S/C14H10ClNO4.C2H6/c1-9(17)11-7-12(15)14(8-13(11)16(18)19)20-10-5-3-2-4-6-10;1-2/h2-8H,1H3;1-2H3. The molecule has 0 aliphatic rings. The van der Waals surface area contributed by atoms with Crippen LogP contribution in [0, 0.1) is 10.1 Å². The first kappa shape index (κ1) is 17.7. The normalized spacial score (nSPS) is 9.45. The van der Waals surface area contributed by atoms with E-state index >= 15 is 0 Å². The molecule has 0 saturated carbocycles. The van der Waals surface area contributed by atoms with Gasteiger partial charge in [0, 0.05) is 0 Å². The Morgan fingerprint density at radius 1 is 1.18 bits per heavy atom. The number of ether oxygens (including phenoxy) is 1. The number of benzene rings is 2. The first-order chi connectivity index (χ1) is 10.5.